The SMILES string of the molecule is N#Cc1cc(N)c(CN)c(OC(F)(F)F)n1. The summed E-state index contributed by atoms with van der Waals surface area (Å²) in [6.45, 7) is -0.268. The summed E-state index contributed by atoms with van der Waals surface area (Å²) in [5, 5.41) is 8.51. The molecule has 0 aliphatic carbocycles. The maximum atomic E-state index is 12.0. The molecule has 1 aromatic rings. The molecule has 0 bridgehead atoms. The highest BCUT2D eigenvalue weighted by atomic mass is 19.4. The van der Waals surface area contributed by atoms with Crippen LogP contribution in [0.15, 0.2) is 6.07 Å². The summed E-state index contributed by atoms with van der Waals surface area (Å²) in [6.07, 6.45) is -4.91. The Hall–Kier alpha value is -2.01. The van der Waals surface area contributed by atoms with Crippen LogP contribution >= 0.6 is 0 Å². The van der Waals surface area contributed by atoms with Gasteiger partial charge < -0.3 is 16.2 Å². The molecule has 1 rings (SSSR count). The quantitative estimate of drug-likeness (QED) is 0.789. The number of alkyl halides is 3. The molecule has 0 aliphatic rings. The van der Waals surface area contributed by atoms with Crippen molar-refractivity contribution in [1.29, 1.82) is 5.26 Å². The van der Waals surface area contributed by atoms with Gasteiger partial charge in [-0.05, 0) is 6.07 Å². The molecular formula is C8H7F3N4O. The first kappa shape index (κ1) is 12.1. The Labute approximate surface area is 88.4 Å². The zero-order chi connectivity index (χ0) is 12.3. The highest BCUT2D eigenvalue weighted by molar-refractivity contribution is 5.54. The van der Waals surface area contributed by atoms with Crippen molar-refractivity contribution in [2.45, 2.75) is 12.9 Å². The van der Waals surface area contributed by atoms with Gasteiger partial charge in [0.15, 0.2) is 0 Å². The van der Waals surface area contributed by atoms with Crippen LogP contribution in [0.1, 0.15) is 11.3 Å². The smallest absolute Gasteiger partial charge is 0.398 e. The molecular weight excluding hydrogens is 225 g/mol. The minimum atomic E-state index is -4.91. The van der Waals surface area contributed by atoms with Crippen LogP contribution in [0.25, 0.3) is 0 Å². The molecule has 86 valence electrons. The first-order chi connectivity index (χ1) is 7.37. The van der Waals surface area contributed by atoms with Crippen LogP contribution in [0.4, 0.5) is 18.9 Å². The number of aromatic nitrogens is 1. The van der Waals surface area contributed by atoms with Crippen molar-refractivity contribution in [3.05, 3.63) is 17.3 Å². The van der Waals surface area contributed by atoms with Gasteiger partial charge in [-0.3, -0.25) is 0 Å². The van der Waals surface area contributed by atoms with Gasteiger partial charge in [0.25, 0.3) is 0 Å². The lowest BCUT2D eigenvalue weighted by atomic mass is 10.2. The van der Waals surface area contributed by atoms with E-state index in [9.17, 15) is 13.2 Å². The minimum absolute atomic E-state index is 0.0618. The average molecular weight is 232 g/mol. The fourth-order valence-corrected chi connectivity index (χ4v) is 1.02. The molecule has 4 N–H and O–H groups in total. The van der Waals surface area contributed by atoms with Gasteiger partial charge in [0.05, 0.1) is 5.56 Å². The lowest BCUT2D eigenvalue weighted by molar-refractivity contribution is -0.276. The van der Waals surface area contributed by atoms with Gasteiger partial charge in [0, 0.05) is 12.2 Å². The average Bonchev–Trinajstić information content (AvgIpc) is 2.14. The number of anilines is 1. The van der Waals surface area contributed by atoms with E-state index in [0.29, 0.717) is 0 Å². The summed E-state index contributed by atoms with van der Waals surface area (Å²) in [5.74, 6) is -0.786. The molecule has 0 saturated carbocycles. The number of nitrogens with two attached hydrogens (primary N) is 2. The Kier molecular flexibility index (Phi) is 3.20. The van der Waals surface area contributed by atoms with Crippen LogP contribution in [0.5, 0.6) is 5.88 Å². The van der Waals surface area contributed by atoms with E-state index in [4.69, 9.17) is 16.7 Å². The van der Waals surface area contributed by atoms with Crippen molar-refractivity contribution in [2.24, 2.45) is 5.73 Å². The van der Waals surface area contributed by atoms with Crippen molar-refractivity contribution in [3.8, 4) is 11.9 Å². The fraction of sp³-hybridized carbons (Fsp3) is 0.250. The summed E-state index contributed by atoms with van der Waals surface area (Å²) >= 11 is 0. The predicted octanol–water partition coefficient (Wildman–Crippen LogP) is 0.893. The first-order valence-electron chi connectivity index (χ1n) is 4.02. The van der Waals surface area contributed by atoms with Crippen molar-refractivity contribution in [1.82, 2.24) is 4.98 Å². The number of hydrogen-bond donors (Lipinski definition) is 2. The van der Waals surface area contributed by atoms with Crippen LogP contribution < -0.4 is 16.2 Å². The Morgan fingerprint density at radius 1 is 1.50 bits per heavy atom. The number of ether oxygens (including phenoxy) is 1. The Morgan fingerprint density at radius 3 is 2.56 bits per heavy atom. The van der Waals surface area contributed by atoms with Crippen molar-refractivity contribution in [2.75, 3.05) is 5.73 Å². The van der Waals surface area contributed by atoms with Crippen LogP contribution in [-0.4, -0.2) is 11.3 Å². The topological polar surface area (TPSA) is 98.0 Å². The lowest BCUT2D eigenvalue weighted by Crippen LogP contribution is -2.20. The van der Waals surface area contributed by atoms with E-state index in [-0.39, 0.29) is 23.5 Å². The van der Waals surface area contributed by atoms with Gasteiger partial charge in [-0.15, -0.1) is 13.2 Å². The molecule has 0 aliphatic heterocycles. The highest BCUT2D eigenvalue weighted by Gasteiger charge is 2.33. The zero-order valence-corrected chi connectivity index (χ0v) is 7.88. The first-order valence-corrected chi connectivity index (χ1v) is 4.02. The second-order valence-corrected chi connectivity index (χ2v) is 2.74. The van der Waals surface area contributed by atoms with E-state index in [0.717, 1.165) is 6.07 Å². The third-order valence-electron chi connectivity index (χ3n) is 1.65. The number of nitriles is 1. The van der Waals surface area contributed by atoms with Gasteiger partial charge in [0.2, 0.25) is 5.88 Å². The zero-order valence-electron chi connectivity index (χ0n) is 7.88. The molecule has 0 unspecified atom stereocenters. The van der Waals surface area contributed by atoms with E-state index in [1.165, 1.54) is 0 Å². The minimum Gasteiger partial charge on any atom is -0.398 e. The summed E-state index contributed by atoms with van der Waals surface area (Å²) in [6, 6.07) is 2.70. The van der Waals surface area contributed by atoms with E-state index in [1.54, 1.807) is 6.07 Å². The van der Waals surface area contributed by atoms with Gasteiger partial charge in [-0.2, -0.15) is 5.26 Å². The van der Waals surface area contributed by atoms with Gasteiger partial charge >= 0.3 is 6.36 Å². The molecule has 5 nitrogen and oxygen atoms in total. The Morgan fingerprint density at radius 2 is 2.12 bits per heavy atom. The van der Waals surface area contributed by atoms with Crippen LogP contribution in [-0.2, 0) is 6.54 Å². The Balaban J connectivity index is 3.24. The number of hydrogen-bond acceptors (Lipinski definition) is 5. The number of nitrogens with zero attached hydrogens (tertiary/aromatic N) is 2. The van der Waals surface area contributed by atoms with Crippen molar-refractivity contribution >= 4 is 5.69 Å². The largest absolute Gasteiger partial charge is 0.574 e. The number of pyridine rings is 1. The maximum Gasteiger partial charge on any atom is 0.574 e. The van der Waals surface area contributed by atoms with E-state index < -0.39 is 12.2 Å². The monoisotopic (exact) mass is 232 g/mol. The molecule has 0 aromatic carbocycles. The molecule has 0 fully saturated rings. The molecule has 8 heteroatoms. The summed E-state index contributed by atoms with van der Waals surface area (Å²) in [4.78, 5) is 3.34. The molecule has 1 heterocycles. The van der Waals surface area contributed by atoms with E-state index in [2.05, 4.69) is 9.72 Å². The molecule has 0 atom stereocenters. The molecule has 1 aromatic heterocycles. The molecule has 0 amide bonds. The van der Waals surface area contributed by atoms with Crippen molar-refractivity contribution < 1.29 is 17.9 Å². The third kappa shape index (κ3) is 2.74. The Bertz CT molecular complexity index is 438. The summed E-state index contributed by atoms with van der Waals surface area (Å²) in [5.41, 5.74) is 10.2. The van der Waals surface area contributed by atoms with Crippen molar-refractivity contribution in [3.63, 3.8) is 0 Å². The highest BCUT2D eigenvalue weighted by Crippen LogP contribution is 2.28. The summed E-state index contributed by atoms with van der Waals surface area (Å²) < 4.78 is 39.6. The van der Waals surface area contributed by atoms with E-state index >= 15 is 0 Å². The van der Waals surface area contributed by atoms with Crippen LogP contribution in [0, 0.1) is 11.3 Å². The van der Waals surface area contributed by atoms with Crippen LogP contribution in [0.3, 0.4) is 0 Å². The third-order valence-corrected chi connectivity index (χ3v) is 1.65. The van der Waals surface area contributed by atoms with Gasteiger partial charge in [0.1, 0.15) is 11.8 Å². The van der Waals surface area contributed by atoms with Crippen LogP contribution in [0.2, 0.25) is 0 Å². The fourth-order valence-electron chi connectivity index (χ4n) is 1.02. The summed E-state index contributed by atoms with van der Waals surface area (Å²) in [7, 11) is 0. The number of halogens is 3. The predicted molar refractivity (Wildman–Crippen MR) is 47.9 cm³/mol. The molecule has 0 radical (unpaired) electrons. The standard InChI is InChI=1S/C8H7F3N4O/c9-8(10,11)16-7-5(3-13)6(14)1-4(2-12)15-7/h1H,3,13H2,(H2,14,15). The van der Waals surface area contributed by atoms with E-state index in [1.807, 2.05) is 0 Å². The second-order valence-electron chi connectivity index (χ2n) is 2.74. The lowest BCUT2D eigenvalue weighted by Gasteiger charge is -2.12. The number of rotatable bonds is 2. The van der Waals surface area contributed by atoms with Gasteiger partial charge in [-0.25, -0.2) is 4.98 Å². The molecule has 0 spiro atoms. The normalized spacial score (nSPS) is 10.9. The number of nitrogen functional groups attached to an aromatic ring is 1. The maximum absolute atomic E-state index is 12.0. The molecule has 16 heavy (non-hydrogen) atoms. The van der Waals surface area contributed by atoms with Gasteiger partial charge in [-0.1, -0.05) is 0 Å². The second kappa shape index (κ2) is 4.24. The molecule has 0 saturated heterocycles.